The number of carbonyl (C=O) groups excluding carboxylic acids is 1. The Morgan fingerprint density at radius 3 is 2.69 bits per heavy atom. The molecule has 0 saturated heterocycles. The van der Waals surface area contributed by atoms with Crippen LogP contribution in [0.5, 0.6) is 0 Å². The number of hydrogen-bond acceptors (Lipinski definition) is 7. The molecule has 0 spiro atoms. The lowest BCUT2D eigenvalue weighted by molar-refractivity contribution is -0.114. The first-order valence-electron chi connectivity index (χ1n) is 8.34. The second kappa shape index (κ2) is 6.10. The van der Waals surface area contributed by atoms with Gasteiger partial charge in [-0.05, 0) is 31.0 Å². The lowest BCUT2D eigenvalue weighted by atomic mass is 10.2. The third-order valence-corrected chi connectivity index (χ3v) is 3.98. The average Bonchev–Trinajstić information content (AvgIpc) is 3.28. The van der Waals surface area contributed by atoms with Crippen LogP contribution in [0.25, 0.3) is 5.65 Å². The molecule has 7 N–H and O–H groups in total. The van der Waals surface area contributed by atoms with Crippen LogP contribution >= 0.6 is 0 Å². The first kappa shape index (κ1) is 16.0. The maximum absolute atomic E-state index is 11.3. The van der Waals surface area contributed by atoms with Gasteiger partial charge >= 0.3 is 0 Å². The standard InChI is InChI=1S/C17H20N8O/c1-9(26)21-12-4-10(18)5-13(6-12)23-16-7-14(22-11-2-3-11)17-20-8-15(19)25(17)24-16/h4-8,11,22H,2-3,18-19H2,1H3,(H,21,26)(H,23,24). The summed E-state index contributed by atoms with van der Waals surface area (Å²) in [6.45, 7) is 1.45. The van der Waals surface area contributed by atoms with Gasteiger partial charge in [0, 0.05) is 36.1 Å². The quantitative estimate of drug-likeness (QED) is 0.444. The van der Waals surface area contributed by atoms with E-state index >= 15 is 0 Å². The van der Waals surface area contributed by atoms with Gasteiger partial charge in [-0.2, -0.15) is 4.52 Å². The molecule has 0 radical (unpaired) electrons. The van der Waals surface area contributed by atoms with Crippen LogP contribution in [0.2, 0.25) is 0 Å². The second-order valence-corrected chi connectivity index (χ2v) is 6.43. The Morgan fingerprint density at radius 2 is 1.96 bits per heavy atom. The highest BCUT2D eigenvalue weighted by Crippen LogP contribution is 2.30. The molecule has 0 unspecified atom stereocenters. The Morgan fingerprint density at radius 1 is 1.19 bits per heavy atom. The predicted molar refractivity (Wildman–Crippen MR) is 102 cm³/mol. The van der Waals surface area contributed by atoms with E-state index in [-0.39, 0.29) is 5.91 Å². The largest absolute Gasteiger partial charge is 0.399 e. The summed E-state index contributed by atoms with van der Waals surface area (Å²) in [5, 5.41) is 13.9. The number of anilines is 6. The van der Waals surface area contributed by atoms with Crippen LogP contribution in [-0.2, 0) is 4.79 Å². The molecule has 9 heteroatoms. The number of rotatable bonds is 5. The summed E-state index contributed by atoms with van der Waals surface area (Å²) in [7, 11) is 0. The second-order valence-electron chi connectivity index (χ2n) is 6.43. The number of nitrogen functional groups attached to an aromatic ring is 2. The molecule has 26 heavy (non-hydrogen) atoms. The summed E-state index contributed by atoms with van der Waals surface area (Å²) in [6, 6.07) is 7.60. The number of carbonyl (C=O) groups is 1. The molecule has 0 atom stereocenters. The van der Waals surface area contributed by atoms with Crippen molar-refractivity contribution in [2.45, 2.75) is 25.8 Å². The smallest absolute Gasteiger partial charge is 0.221 e. The summed E-state index contributed by atoms with van der Waals surface area (Å²) in [6.07, 6.45) is 3.87. The molecule has 1 aliphatic carbocycles. The minimum Gasteiger partial charge on any atom is -0.399 e. The fourth-order valence-corrected chi connectivity index (χ4v) is 2.75. The van der Waals surface area contributed by atoms with Gasteiger partial charge in [-0.1, -0.05) is 0 Å². The SMILES string of the molecule is CC(=O)Nc1cc(N)cc(Nc2cc(NC3CC3)c3ncc(N)n3n2)c1. The Kier molecular flexibility index (Phi) is 3.76. The Hall–Kier alpha value is -3.49. The van der Waals surface area contributed by atoms with Crippen molar-refractivity contribution in [1.82, 2.24) is 14.6 Å². The highest BCUT2D eigenvalue weighted by atomic mass is 16.1. The van der Waals surface area contributed by atoms with Crippen molar-refractivity contribution >= 4 is 45.9 Å². The van der Waals surface area contributed by atoms with E-state index in [0.29, 0.717) is 40.4 Å². The van der Waals surface area contributed by atoms with Gasteiger partial charge < -0.3 is 27.4 Å². The molecule has 1 amide bonds. The molecule has 4 rings (SSSR count). The van der Waals surface area contributed by atoms with Gasteiger partial charge in [0.05, 0.1) is 11.9 Å². The molecular weight excluding hydrogens is 332 g/mol. The number of nitrogens with one attached hydrogen (secondary N) is 3. The maximum Gasteiger partial charge on any atom is 0.221 e. The molecule has 2 aromatic heterocycles. The van der Waals surface area contributed by atoms with Gasteiger partial charge in [0.25, 0.3) is 0 Å². The number of aromatic nitrogens is 3. The summed E-state index contributed by atoms with van der Waals surface area (Å²) in [5.41, 5.74) is 15.3. The molecular formula is C17H20N8O. The molecule has 1 fully saturated rings. The van der Waals surface area contributed by atoms with Crippen molar-refractivity contribution in [1.29, 1.82) is 0 Å². The highest BCUT2D eigenvalue weighted by Gasteiger charge is 2.23. The van der Waals surface area contributed by atoms with E-state index in [1.165, 1.54) is 6.92 Å². The summed E-state index contributed by atoms with van der Waals surface area (Å²) >= 11 is 0. The molecule has 3 aromatic rings. The molecule has 1 aromatic carbocycles. The van der Waals surface area contributed by atoms with Gasteiger partial charge in [0.15, 0.2) is 11.5 Å². The molecule has 134 valence electrons. The van der Waals surface area contributed by atoms with Crippen molar-refractivity contribution in [2.24, 2.45) is 0 Å². The number of hydrogen-bond donors (Lipinski definition) is 5. The third-order valence-electron chi connectivity index (χ3n) is 3.98. The molecule has 1 saturated carbocycles. The van der Waals surface area contributed by atoms with Crippen molar-refractivity contribution in [3.63, 3.8) is 0 Å². The molecule has 1 aliphatic rings. The van der Waals surface area contributed by atoms with E-state index in [4.69, 9.17) is 11.5 Å². The van der Waals surface area contributed by atoms with Crippen LogP contribution < -0.4 is 27.4 Å². The van der Waals surface area contributed by atoms with Crippen LogP contribution in [0.15, 0.2) is 30.5 Å². The molecule has 0 aliphatic heterocycles. The zero-order chi connectivity index (χ0) is 18.3. The predicted octanol–water partition coefficient (Wildman–Crippen LogP) is 2.17. The lowest BCUT2D eigenvalue weighted by Crippen LogP contribution is -2.09. The van der Waals surface area contributed by atoms with Gasteiger partial charge in [0.1, 0.15) is 5.82 Å². The zero-order valence-electron chi connectivity index (χ0n) is 14.3. The summed E-state index contributed by atoms with van der Waals surface area (Å²) in [5.74, 6) is 0.877. The topological polar surface area (TPSA) is 135 Å². The van der Waals surface area contributed by atoms with E-state index in [1.807, 2.05) is 6.07 Å². The van der Waals surface area contributed by atoms with E-state index < -0.39 is 0 Å². The normalized spacial score (nSPS) is 13.6. The van der Waals surface area contributed by atoms with Crippen molar-refractivity contribution in [3.8, 4) is 0 Å². The van der Waals surface area contributed by atoms with E-state index in [2.05, 4.69) is 26.0 Å². The Labute approximate surface area is 149 Å². The van der Waals surface area contributed by atoms with Crippen LogP contribution in [0, 0.1) is 0 Å². The number of imidazole rings is 1. The van der Waals surface area contributed by atoms with Crippen molar-refractivity contribution in [3.05, 3.63) is 30.5 Å². The number of benzene rings is 1. The number of nitrogens with zero attached hydrogens (tertiary/aromatic N) is 3. The fraction of sp³-hybridized carbons (Fsp3) is 0.235. The first-order chi connectivity index (χ1) is 12.5. The lowest BCUT2D eigenvalue weighted by Gasteiger charge is -2.13. The molecule has 9 nitrogen and oxygen atoms in total. The minimum absolute atomic E-state index is 0.164. The summed E-state index contributed by atoms with van der Waals surface area (Å²) < 4.78 is 1.59. The number of fused-ring (bicyclic) bond motifs is 1. The zero-order valence-corrected chi connectivity index (χ0v) is 14.3. The van der Waals surface area contributed by atoms with Gasteiger partial charge in [0.2, 0.25) is 5.91 Å². The molecule has 2 heterocycles. The van der Waals surface area contributed by atoms with Crippen LogP contribution in [0.1, 0.15) is 19.8 Å². The van der Waals surface area contributed by atoms with Gasteiger partial charge in [-0.15, -0.1) is 5.10 Å². The number of nitrogens with two attached hydrogens (primary N) is 2. The van der Waals surface area contributed by atoms with Crippen molar-refractivity contribution < 1.29 is 4.79 Å². The molecule has 0 bridgehead atoms. The summed E-state index contributed by atoms with van der Waals surface area (Å²) in [4.78, 5) is 15.6. The van der Waals surface area contributed by atoms with Crippen LogP contribution in [0.4, 0.5) is 34.4 Å². The van der Waals surface area contributed by atoms with Crippen molar-refractivity contribution in [2.75, 3.05) is 27.4 Å². The number of amides is 1. The Balaban J connectivity index is 1.69. The van der Waals surface area contributed by atoms with E-state index in [9.17, 15) is 4.79 Å². The average molecular weight is 352 g/mol. The van der Waals surface area contributed by atoms with Gasteiger partial charge in [-0.25, -0.2) is 4.98 Å². The first-order valence-corrected chi connectivity index (χ1v) is 8.34. The van der Waals surface area contributed by atoms with Crippen LogP contribution in [0.3, 0.4) is 0 Å². The monoisotopic (exact) mass is 352 g/mol. The van der Waals surface area contributed by atoms with Crippen LogP contribution in [-0.4, -0.2) is 26.5 Å². The maximum atomic E-state index is 11.3. The highest BCUT2D eigenvalue weighted by molar-refractivity contribution is 5.90. The van der Waals surface area contributed by atoms with E-state index in [0.717, 1.165) is 18.5 Å². The third kappa shape index (κ3) is 3.32. The fourth-order valence-electron chi connectivity index (χ4n) is 2.75. The minimum atomic E-state index is -0.164. The van der Waals surface area contributed by atoms with E-state index in [1.54, 1.807) is 28.9 Å². The van der Waals surface area contributed by atoms with Gasteiger partial charge in [-0.3, -0.25) is 4.79 Å². The Bertz CT molecular complexity index is 992.